The lowest BCUT2D eigenvalue weighted by Crippen LogP contribution is -2.34. The number of halogens is 2. The van der Waals surface area contributed by atoms with Crippen molar-refractivity contribution in [3.05, 3.63) is 27.2 Å². The largest absolute Gasteiger partial charge is 0.391 e. The van der Waals surface area contributed by atoms with Crippen molar-refractivity contribution < 1.29 is 9.90 Å². The minimum absolute atomic E-state index is 0. The minimum atomic E-state index is -0.402. The minimum Gasteiger partial charge on any atom is -0.391 e. The zero-order chi connectivity index (χ0) is 18.1. The van der Waals surface area contributed by atoms with Gasteiger partial charge in [-0.15, -0.1) is 24.8 Å². The number of aromatic amines is 1. The van der Waals surface area contributed by atoms with Crippen LogP contribution in [0.3, 0.4) is 0 Å². The highest BCUT2D eigenvalue weighted by Gasteiger charge is 2.25. The first kappa shape index (κ1) is 23.4. The van der Waals surface area contributed by atoms with Gasteiger partial charge in [-0.05, 0) is 31.4 Å². The monoisotopic (exact) mass is 419 g/mol. The zero-order valence-corrected chi connectivity index (χ0v) is 17.3. The van der Waals surface area contributed by atoms with E-state index in [1.165, 1.54) is 0 Å². The normalized spacial score (nSPS) is 18.8. The van der Waals surface area contributed by atoms with Crippen molar-refractivity contribution in [1.29, 1.82) is 0 Å². The molecule has 1 amide bonds. The van der Waals surface area contributed by atoms with Crippen molar-refractivity contribution in [2.75, 3.05) is 19.6 Å². The van der Waals surface area contributed by atoms with Crippen LogP contribution < -0.4 is 16.2 Å². The summed E-state index contributed by atoms with van der Waals surface area (Å²) in [5, 5.41) is 19.0. The molecule has 3 heterocycles. The number of aryl methyl sites for hydroxylation is 3. The van der Waals surface area contributed by atoms with Crippen LogP contribution in [-0.2, 0) is 18.3 Å². The molecular formula is C17H27Cl2N5O3. The second-order valence-electron chi connectivity index (χ2n) is 6.79. The number of nitrogens with zero attached hydrogens (tertiary/aromatic N) is 2. The summed E-state index contributed by atoms with van der Waals surface area (Å²) in [6.45, 7) is 5.58. The topological polar surface area (TPSA) is 112 Å². The molecule has 0 aromatic carbocycles. The summed E-state index contributed by atoms with van der Waals surface area (Å²) in [5.74, 6) is 0.00767. The highest BCUT2D eigenvalue weighted by molar-refractivity contribution is 5.85. The van der Waals surface area contributed by atoms with Gasteiger partial charge in [0.25, 0.3) is 5.56 Å². The van der Waals surface area contributed by atoms with Gasteiger partial charge in [-0.25, -0.2) is 4.98 Å². The first-order valence-electron chi connectivity index (χ1n) is 8.58. The van der Waals surface area contributed by atoms with Crippen molar-refractivity contribution in [2.45, 2.75) is 32.8 Å². The SMILES string of the molecule is Cc1nc2c(c(C)c1CCC(=O)NCC1CNCC1O)c(=O)[nH]n2C.Cl.Cl. The molecule has 1 saturated heterocycles. The summed E-state index contributed by atoms with van der Waals surface area (Å²) in [4.78, 5) is 28.7. The number of aliphatic hydroxyl groups excluding tert-OH is 1. The van der Waals surface area contributed by atoms with Crippen LogP contribution in [0.1, 0.15) is 23.2 Å². The molecule has 3 rings (SSSR count). The maximum Gasteiger partial charge on any atom is 0.273 e. The number of carbonyl (C=O) groups excluding carboxylic acids is 1. The average molecular weight is 420 g/mol. The molecule has 0 aliphatic carbocycles. The summed E-state index contributed by atoms with van der Waals surface area (Å²) < 4.78 is 1.62. The molecule has 1 aliphatic rings. The number of aromatic nitrogens is 3. The molecule has 0 bridgehead atoms. The van der Waals surface area contributed by atoms with Gasteiger partial charge in [0, 0.05) is 44.7 Å². The number of nitrogens with one attached hydrogen (secondary N) is 3. The first-order valence-corrected chi connectivity index (χ1v) is 8.58. The Kier molecular flexibility index (Phi) is 8.28. The molecule has 2 aromatic rings. The second kappa shape index (κ2) is 9.54. The second-order valence-corrected chi connectivity index (χ2v) is 6.79. The van der Waals surface area contributed by atoms with Gasteiger partial charge in [0.15, 0.2) is 5.65 Å². The van der Waals surface area contributed by atoms with Gasteiger partial charge in [-0.3, -0.25) is 19.4 Å². The van der Waals surface area contributed by atoms with Crippen LogP contribution in [0.4, 0.5) is 0 Å². The third-order valence-corrected chi connectivity index (χ3v) is 5.04. The molecule has 0 spiro atoms. The van der Waals surface area contributed by atoms with Crippen molar-refractivity contribution >= 4 is 41.8 Å². The van der Waals surface area contributed by atoms with Gasteiger partial charge in [0.1, 0.15) is 0 Å². The molecule has 1 aliphatic heterocycles. The maximum atomic E-state index is 12.1. The van der Waals surface area contributed by atoms with Gasteiger partial charge in [-0.2, -0.15) is 0 Å². The Hall–Kier alpha value is -1.61. The lowest BCUT2D eigenvalue weighted by atomic mass is 10.00. The van der Waals surface area contributed by atoms with Gasteiger partial charge >= 0.3 is 0 Å². The number of rotatable bonds is 5. The lowest BCUT2D eigenvalue weighted by molar-refractivity contribution is -0.121. The maximum absolute atomic E-state index is 12.1. The molecule has 2 atom stereocenters. The lowest BCUT2D eigenvalue weighted by Gasteiger charge is -2.14. The number of carbonyl (C=O) groups is 1. The van der Waals surface area contributed by atoms with Crippen molar-refractivity contribution in [3.8, 4) is 0 Å². The highest BCUT2D eigenvalue weighted by Crippen LogP contribution is 2.21. The van der Waals surface area contributed by atoms with Crippen LogP contribution in [0.2, 0.25) is 0 Å². The van der Waals surface area contributed by atoms with Crippen LogP contribution in [0.25, 0.3) is 11.0 Å². The predicted octanol–water partition coefficient (Wildman–Crippen LogP) is 0.351. The molecule has 8 nitrogen and oxygen atoms in total. The Bertz CT molecular complexity index is 864. The Balaban J connectivity index is 0.00000182. The van der Waals surface area contributed by atoms with E-state index in [-0.39, 0.29) is 42.2 Å². The molecule has 10 heteroatoms. The zero-order valence-electron chi connectivity index (χ0n) is 15.7. The van der Waals surface area contributed by atoms with Gasteiger partial charge in [-0.1, -0.05) is 0 Å². The van der Waals surface area contributed by atoms with Gasteiger partial charge in [0.2, 0.25) is 5.91 Å². The number of β-amino-alcohol motifs (C(OH)–C–C–N with tert-alkyl or cyclic N) is 1. The fraction of sp³-hybridized carbons (Fsp3) is 0.588. The van der Waals surface area contributed by atoms with E-state index in [0.717, 1.165) is 23.4 Å². The molecule has 0 radical (unpaired) electrons. The molecule has 2 aromatic heterocycles. The molecule has 152 valence electrons. The quantitative estimate of drug-likeness (QED) is 0.558. The van der Waals surface area contributed by atoms with Crippen LogP contribution >= 0.6 is 24.8 Å². The Morgan fingerprint density at radius 2 is 2.04 bits per heavy atom. The van der Waals surface area contributed by atoms with E-state index < -0.39 is 6.10 Å². The van der Waals surface area contributed by atoms with Gasteiger partial charge < -0.3 is 15.7 Å². The number of H-pyrrole nitrogens is 1. The Morgan fingerprint density at radius 3 is 2.67 bits per heavy atom. The Morgan fingerprint density at radius 1 is 1.33 bits per heavy atom. The third kappa shape index (κ3) is 4.82. The van der Waals surface area contributed by atoms with Crippen molar-refractivity contribution in [3.63, 3.8) is 0 Å². The van der Waals surface area contributed by atoms with E-state index in [2.05, 4.69) is 20.7 Å². The van der Waals surface area contributed by atoms with E-state index in [0.29, 0.717) is 37.0 Å². The third-order valence-electron chi connectivity index (χ3n) is 5.04. The van der Waals surface area contributed by atoms with Crippen LogP contribution in [0.15, 0.2) is 4.79 Å². The van der Waals surface area contributed by atoms with E-state index >= 15 is 0 Å². The molecular weight excluding hydrogens is 393 g/mol. The standard InChI is InChI=1S/C17H25N5O3.2ClH/c1-9-12(10(2)20-16-15(9)17(25)21-22(16)3)4-5-14(24)19-7-11-6-18-8-13(11)23;;/h11,13,18,23H,4-8H2,1-3H3,(H,19,24)(H,21,25);2*1H. The van der Waals surface area contributed by atoms with E-state index in [4.69, 9.17) is 0 Å². The van der Waals surface area contributed by atoms with E-state index in [9.17, 15) is 14.7 Å². The fourth-order valence-corrected chi connectivity index (χ4v) is 3.52. The van der Waals surface area contributed by atoms with Crippen molar-refractivity contribution in [2.24, 2.45) is 13.0 Å². The number of pyridine rings is 1. The van der Waals surface area contributed by atoms with E-state index in [1.807, 2.05) is 13.8 Å². The number of hydrogen-bond acceptors (Lipinski definition) is 5. The number of hydrogen-bond donors (Lipinski definition) is 4. The van der Waals surface area contributed by atoms with E-state index in [1.54, 1.807) is 11.7 Å². The van der Waals surface area contributed by atoms with Crippen molar-refractivity contribution in [1.82, 2.24) is 25.4 Å². The summed E-state index contributed by atoms with van der Waals surface area (Å²) in [6.07, 6.45) is 0.462. The summed E-state index contributed by atoms with van der Waals surface area (Å²) >= 11 is 0. The Labute approximate surface area is 169 Å². The van der Waals surface area contributed by atoms with Crippen LogP contribution in [0.5, 0.6) is 0 Å². The van der Waals surface area contributed by atoms with Crippen LogP contribution in [-0.4, -0.2) is 51.5 Å². The molecule has 4 N–H and O–H groups in total. The molecule has 1 fully saturated rings. The summed E-state index contributed by atoms with van der Waals surface area (Å²) in [6, 6.07) is 0. The average Bonchev–Trinajstić information content (AvgIpc) is 3.08. The number of fused-ring (bicyclic) bond motifs is 1. The number of amides is 1. The number of aliphatic hydroxyl groups is 1. The smallest absolute Gasteiger partial charge is 0.273 e. The molecule has 0 saturated carbocycles. The van der Waals surface area contributed by atoms with Gasteiger partial charge in [0.05, 0.1) is 11.5 Å². The summed E-state index contributed by atoms with van der Waals surface area (Å²) in [5.41, 5.74) is 3.14. The molecule has 2 unspecified atom stereocenters. The fourth-order valence-electron chi connectivity index (χ4n) is 3.52. The molecule has 27 heavy (non-hydrogen) atoms. The highest BCUT2D eigenvalue weighted by atomic mass is 35.5. The predicted molar refractivity (Wildman–Crippen MR) is 109 cm³/mol. The first-order chi connectivity index (χ1) is 11.9. The van der Waals surface area contributed by atoms with Crippen LogP contribution in [0, 0.1) is 19.8 Å². The summed E-state index contributed by atoms with van der Waals surface area (Å²) in [7, 11) is 1.76.